The standard InChI is InChI=1S/C19H17F3N2O2/c1-10(11-4-3-5-12(18(11)20)19(21)22)24-14-6-7-23-15-9-17(26-2)16(25)8-13(14)15/h3-10,19,25H,1-2H3,(H,23,24)/t10-/m1/s1. The third-order valence-corrected chi connectivity index (χ3v) is 4.17. The van der Waals surface area contributed by atoms with Gasteiger partial charge in [0.2, 0.25) is 0 Å². The summed E-state index contributed by atoms with van der Waals surface area (Å²) in [5, 5.41) is 13.7. The zero-order valence-electron chi connectivity index (χ0n) is 14.1. The molecule has 0 aliphatic rings. The quantitative estimate of drug-likeness (QED) is 0.655. The van der Waals surface area contributed by atoms with E-state index in [1.807, 2.05) is 0 Å². The number of methoxy groups -OCH3 is 1. The first-order valence-corrected chi connectivity index (χ1v) is 7.91. The Hall–Kier alpha value is -2.96. The van der Waals surface area contributed by atoms with Gasteiger partial charge >= 0.3 is 0 Å². The lowest BCUT2D eigenvalue weighted by Gasteiger charge is -2.19. The Bertz CT molecular complexity index is 947. The fourth-order valence-corrected chi connectivity index (χ4v) is 2.83. The van der Waals surface area contributed by atoms with Gasteiger partial charge in [-0.2, -0.15) is 0 Å². The van der Waals surface area contributed by atoms with Gasteiger partial charge < -0.3 is 15.2 Å². The summed E-state index contributed by atoms with van der Waals surface area (Å²) in [6, 6.07) is 8.09. The lowest BCUT2D eigenvalue weighted by atomic mass is 10.0. The van der Waals surface area contributed by atoms with Crippen molar-refractivity contribution in [3.05, 3.63) is 59.5 Å². The van der Waals surface area contributed by atoms with Crippen molar-refractivity contribution >= 4 is 16.6 Å². The Kier molecular flexibility index (Phi) is 4.88. The first kappa shape index (κ1) is 17.8. The highest BCUT2D eigenvalue weighted by Crippen LogP contribution is 2.35. The van der Waals surface area contributed by atoms with Crippen LogP contribution in [0.1, 0.15) is 30.5 Å². The fraction of sp³-hybridized carbons (Fsp3) is 0.211. The number of rotatable bonds is 5. The van der Waals surface area contributed by atoms with Crippen molar-refractivity contribution < 1.29 is 23.0 Å². The number of nitrogens with zero attached hydrogens (tertiary/aromatic N) is 1. The second kappa shape index (κ2) is 7.11. The molecule has 0 aliphatic carbocycles. The second-order valence-electron chi connectivity index (χ2n) is 5.82. The predicted octanol–water partition coefficient (Wildman–Crippen LogP) is 5.20. The topological polar surface area (TPSA) is 54.4 Å². The van der Waals surface area contributed by atoms with Gasteiger partial charge in [-0.3, -0.25) is 4.98 Å². The first-order valence-electron chi connectivity index (χ1n) is 7.91. The molecule has 2 N–H and O–H groups in total. The number of alkyl halides is 2. The Balaban J connectivity index is 1.99. The van der Waals surface area contributed by atoms with Crippen LogP contribution in [0.25, 0.3) is 10.9 Å². The SMILES string of the molecule is COc1cc2nccc(N[C@H](C)c3cccc(C(F)F)c3F)c2cc1O. The van der Waals surface area contributed by atoms with Crippen molar-refractivity contribution in [3.8, 4) is 11.5 Å². The van der Waals surface area contributed by atoms with Gasteiger partial charge in [-0.1, -0.05) is 18.2 Å². The number of phenolic OH excluding ortho intramolecular Hbond substituents is 1. The smallest absolute Gasteiger partial charge is 0.266 e. The number of phenols is 1. The number of ether oxygens (including phenoxy) is 1. The monoisotopic (exact) mass is 362 g/mol. The van der Waals surface area contributed by atoms with Crippen molar-refractivity contribution in [3.63, 3.8) is 0 Å². The van der Waals surface area contributed by atoms with Gasteiger partial charge in [0.25, 0.3) is 6.43 Å². The maximum atomic E-state index is 14.4. The third-order valence-electron chi connectivity index (χ3n) is 4.17. The molecule has 0 bridgehead atoms. The van der Waals surface area contributed by atoms with Crippen LogP contribution in [-0.4, -0.2) is 17.2 Å². The average molecular weight is 362 g/mol. The van der Waals surface area contributed by atoms with Crippen LogP contribution in [0.5, 0.6) is 11.5 Å². The van der Waals surface area contributed by atoms with Crippen molar-refractivity contribution in [1.29, 1.82) is 0 Å². The Morgan fingerprint density at radius 3 is 2.58 bits per heavy atom. The number of aromatic nitrogens is 1. The zero-order chi connectivity index (χ0) is 18.8. The van der Waals surface area contributed by atoms with E-state index in [2.05, 4.69) is 10.3 Å². The minimum absolute atomic E-state index is 0.0606. The number of hydrogen-bond donors (Lipinski definition) is 2. The molecular weight excluding hydrogens is 345 g/mol. The number of anilines is 1. The molecule has 3 aromatic rings. The summed E-state index contributed by atoms with van der Waals surface area (Å²) in [7, 11) is 1.43. The lowest BCUT2D eigenvalue weighted by molar-refractivity contribution is 0.146. The highest BCUT2D eigenvalue weighted by molar-refractivity contribution is 5.93. The van der Waals surface area contributed by atoms with Crippen LogP contribution in [-0.2, 0) is 0 Å². The minimum Gasteiger partial charge on any atom is -0.504 e. The molecule has 0 unspecified atom stereocenters. The minimum atomic E-state index is -2.88. The van der Waals surface area contributed by atoms with Crippen LogP contribution in [0.2, 0.25) is 0 Å². The lowest BCUT2D eigenvalue weighted by Crippen LogP contribution is -2.10. The van der Waals surface area contributed by atoms with E-state index in [4.69, 9.17) is 4.74 Å². The van der Waals surface area contributed by atoms with E-state index in [-0.39, 0.29) is 17.1 Å². The number of benzene rings is 2. The molecule has 0 radical (unpaired) electrons. The fourth-order valence-electron chi connectivity index (χ4n) is 2.83. The molecule has 0 fully saturated rings. The third kappa shape index (κ3) is 3.24. The molecule has 26 heavy (non-hydrogen) atoms. The second-order valence-corrected chi connectivity index (χ2v) is 5.82. The summed E-state index contributed by atoms with van der Waals surface area (Å²) in [4.78, 5) is 4.22. The number of fused-ring (bicyclic) bond motifs is 1. The molecule has 0 saturated heterocycles. The number of halogens is 3. The summed E-state index contributed by atoms with van der Waals surface area (Å²) in [6.07, 6.45) is -1.33. The Morgan fingerprint density at radius 1 is 1.15 bits per heavy atom. The van der Waals surface area contributed by atoms with Crippen LogP contribution < -0.4 is 10.1 Å². The van der Waals surface area contributed by atoms with E-state index in [9.17, 15) is 18.3 Å². The highest BCUT2D eigenvalue weighted by Gasteiger charge is 2.20. The van der Waals surface area contributed by atoms with Crippen LogP contribution >= 0.6 is 0 Å². The van der Waals surface area contributed by atoms with E-state index in [1.165, 1.54) is 25.3 Å². The first-order chi connectivity index (χ1) is 12.4. The average Bonchev–Trinajstić information content (AvgIpc) is 2.61. The number of hydrogen-bond acceptors (Lipinski definition) is 4. The predicted molar refractivity (Wildman–Crippen MR) is 93.4 cm³/mol. The summed E-state index contributed by atoms with van der Waals surface area (Å²) in [5.74, 6) is -0.703. The van der Waals surface area contributed by atoms with Crippen LogP contribution in [0, 0.1) is 5.82 Å². The summed E-state index contributed by atoms with van der Waals surface area (Å²) < 4.78 is 45.3. The van der Waals surface area contributed by atoms with E-state index < -0.39 is 23.8 Å². The molecular formula is C19H17F3N2O2. The molecule has 0 aliphatic heterocycles. The normalized spacial score (nSPS) is 12.4. The van der Waals surface area contributed by atoms with Gasteiger partial charge in [0, 0.05) is 28.9 Å². The molecule has 0 saturated carbocycles. The van der Waals surface area contributed by atoms with Gasteiger partial charge in [0.15, 0.2) is 11.5 Å². The van der Waals surface area contributed by atoms with Gasteiger partial charge in [-0.05, 0) is 19.1 Å². The zero-order valence-corrected chi connectivity index (χ0v) is 14.1. The Labute approximate surface area is 148 Å². The number of aromatic hydroxyl groups is 1. The van der Waals surface area contributed by atoms with Crippen molar-refractivity contribution in [2.75, 3.05) is 12.4 Å². The largest absolute Gasteiger partial charge is 0.504 e. The van der Waals surface area contributed by atoms with Crippen LogP contribution in [0.15, 0.2) is 42.6 Å². The molecule has 7 heteroatoms. The number of pyridine rings is 1. The maximum absolute atomic E-state index is 14.4. The van der Waals surface area contributed by atoms with Crippen molar-refractivity contribution in [2.45, 2.75) is 19.4 Å². The molecule has 0 amide bonds. The van der Waals surface area contributed by atoms with Gasteiger partial charge in [0.1, 0.15) is 5.82 Å². The maximum Gasteiger partial charge on any atom is 0.266 e. The Morgan fingerprint density at radius 2 is 1.88 bits per heavy atom. The molecule has 1 atom stereocenters. The van der Waals surface area contributed by atoms with E-state index in [0.29, 0.717) is 16.6 Å². The van der Waals surface area contributed by atoms with Crippen LogP contribution in [0.4, 0.5) is 18.9 Å². The van der Waals surface area contributed by atoms with Gasteiger partial charge in [-0.15, -0.1) is 0 Å². The summed E-state index contributed by atoms with van der Waals surface area (Å²) in [5.41, 5.74) is 0.657. The summed E-state index contributed by atoms with van der Waals surface area (Å²) in [6.45, 7) is 1.67. The molecule has 1 heterocycles. The van der Waals surface area contributed by atoms with Crippen molar-refractivity contribution in [1.82, 2.24) is 4.98 Å². The summed E-state index contributed by atoms with van der Waals surface area (Å²) >= 11 is 0. The van der Waals surface area contributed by atoms with Gasteiger partial charge in [0.05, 0.1) is 24.2 Å². The molecule has 3 rings (SSSR count). The van der Waals surface area contributed by atoms with E-state index in [0.717, 1.165) is 6.07 Å². The molecule has 1 aromatic heterocycles. The molecule has 136 valence electrons. The van der Waals surface area contributed by atoms with E-state index >= 15 is 0 Å². The molecule has 2 aromatic carbocycles. The van der Waals surface area contributed by atoms with Crippen molar-refractivity contribution in [2.24, 2.45) is 0 Å². The van der Waals surface area contributed by atoms with Gasteiger partial charge in [-0.25, -0.2) is 13.2 Å². The highest BCUT2D eigenvalue weighted by atomic mass is 19.3. The van der Waals surface area contributed by atoms with E-state index in [1.54, 1.807) is 25.3 Å². The molecule has 4 nitrogen and oxygen atoms in total. The van der Waals surface area contributed by atoms with Crippen LogP contribution in [0.3, 0.4) is 0 Å². The number of nitrogens with one attached hydrogen (secondary N) is 1. The molecule has 0 spiro atoms.